The highest BCUT2D eigenvalue weighted by Crippen LogP contribution is 2.18. The minimum atomic E-state index is -3.34. The van der Waals surface area contributed by atoms with E-state index in [1.807, 2.05) is 18.2 Å². The molecule has 0 fully saturated rings. The number of nitrogens with zero attached hydrogens (tertiary/aromatic N) is 2. The molecule has 5 nitrogen and oxygen atoms in total. The Morgan fingerprint density at radius 2 is 2.06 bits per heavy atom. The number of hydrogen-bond acceptors (Lipinski definition) is 4. The van der Waals surface area contributed by atoms with Crippen molar-refractivity contribution in [2.45, 2.75) is 11.6 Å². The molecule has 0 aliphatic carbocycles. The molecule has 0 saturated carbocycles. The summed E-state index contributed by atoms with van der Waals surface area (Å²) < 4.78 is 25.7. The van der Waals surface area contributed by atoms with E-state index >= 15 is 0 Å². The molecular weight excluding hydrogens is 238 g/mol. The summed E-state index contributed by atoms with van der Waals surface area (Å²) in [6, 6.07) is 7.35. The van der Waals surface area contributed by atoms with E-state index in [1.165, 1.54) is 0 Å². The molecule has 1 aromatic heterocycles. The van der Waals surface area contributed by atoms with Crippen molar-refractivity contribution >= 4 is 20.9 Å². The van der Waals surface area contributed by atoms with Gasteiger partial charge < -0.3 is 10.3 Å². The number of benzene rings is 1. The summed E-state index contributed by atoms with van der Waals surface area (Å²) >= 11 is 0. The molecule has 0 amide bonds. The van der Waals surface area contributed by atoms with E-state index in [2.05, 4.69) is 4.98 Å². The number of hydrogen-bond donors (Lipinski definition) is 1. The normalized spacial score (nSPS) is 12.1. The van der Waals surface area contributed by atoms with Gasteiger partial charge in [0.2, 0.25) is 15.0 Å². The first-order valence-electron chi connectivity index (χ1n) is 5.40. The Labute approximate surface area is 100 Å². The van der Waals surface area contributed by atoms with E-state index in [1.54, 1.807) is 17.7 Å². The molecule has 17 heavy (non-hydrogen) atoms. The molecular formula is C11H15N3O2S. The number of para-hydroxylation sites is 2. The van der Waals surface area contributed by atoms with Crippen LogP contribution < -0.4 is 5.73 Å². The topological polar surface area (TPSA) is 78.0 Å². The van der Waals surface area contributed by atoms with Gasteiger partial charge in [-0.25, -0.2) is 13.4 Å². The third-order valence-corrected chi connectivity index (χ3v) is 4.39. The van der Waals surface area contributed by atoms with Gasteiger partial charge in [0.25, 0.3) is 0 Å². The molecule has 2 aromatic rings. The van der Waals surface area contributed by atoms with Crippen molar-refractivity contribution in [3.8, 4) is 0 Å². The van der Waals surface area contributed by atoms with Gasteiger partial charge in [0, 0.05) is 7.05 Å². The highest BCUT2D eigenvalue weighted by Gasteiger charge is 2.21. The van der Waals surface area contributed by atoms with E-state index in [9.17, 15) is 8.42 Å². The Bertz CT molecular complexity index is 631. The van der Waals surface area contributed by atoms with Crippen LogP contribution in [0.3, 0.4) is 0 Å². The van der Waals surface area contributed by atoms with Crippen molar-refractivity contribution < 1.29 is 8.42 Å². The second kappa shape index (κ2) is 4.46. The third kappa shape index (κ3) is 2.18. The first kappa shape index (κ1) is 12.1. The average Bonchev–Trinajstić information content (AvgIpc) is 2.66. The van der Waals surface area contributed by atoms with Crippen LogP contribution in [0.4, 0.5) is 0 Å². The van der Waals surface area contributed by atoms with E-state index in [-0.39, 0.29) is 10.9 Å². The number of imidazole rings is 1. The second-order valence-corrected chi connectivity index (χ2v) is 5.91. The SMILES string of the molecule is Cn1c(S(=O)(=O)CCCN)nc2ccccc21. The molecule has 6 heteroatoms. The molecule has 1 heterocycles. The van der Waals surface area contributed by atoms with Crippen molar-refractivity contribution in [2.24, 2.45) is 12.8 Å². The maximum absolute atomic E-state index is 12.0. The number of fused-ring (bicyclic) bond motifs is 1. The van der Waals surface area contributed by atoms with Gasteiger partial charge in [-0.1, -0.05) is 12.1 Å². The van der Waals surface area contributed by atoms with Crippen molar-refractivity contribution in [3.63, 3.8) is 0 Å². The summed E-state index contributed by atoms with van der Waals surface area (Å²) in [6.45, 7) is 0.364. The number of aromatic nitrogens is 2. The molecule has 0 aliphatic heterocycles. The molecule has 0 bridgehead atoms. The van der Waals surface area contributed by atoms with E-state index < -0.39 is 9.84 Å². The van der Waals surface area contributed by atoms with Gasteiger partial charge in [0.05, 0.1) is 16.8 Å². The van der Waals surface area contributed by atoms with Crippen LogP contribution in [0.5, 0.6) is 0 Å². The summed E-state index contributed by atoms with van der Waals surface area (Å²) in [5.74, 6) is 0.0423. The first-order chi connectivity index (χ1) is 8.06. The Hall–Kier alpha value is -1.40. The maximum atomic E-state index is 12.0. The highest BCUT2D eigenvalue weighted by atomic mass is 32.2. The maximum Gasteiger partial charge on any atom is 0.228 e. The van der Waals surface area contributed by atoms with Gasteiger partial charge >= 0.3 is 0 Å². The van der Waals surface area contributed by atoms with Crippen LogP contribution in [-0.2, 0) is 16.9 Å². The number of aryl methyl sites for hydroxylation is 1. The van der Waals surface area contributed by atoms with E-state index in [0.29, 0.717) is 18.5 Å². The van der Waals surface area contributed by atoms with Crippen LogP contribution in [0, 0.1) is 0 Å². The fourth-order valence-corrected chi connectivity index (χ4v) is 3.25. The Morgan fingerprint density at radius 3 is 2.71 bits per heavy atom. The monoisotopic (exact) mass is 253 g/mol. The molecule has 0 spiro atoms. The van der Waals surface area contributed by atoms with Gasteiger partial charge in [-0.05, 0) is 25.1 Å². The molecule has 2 rings (SSSR count). The summed E-state index contributed by atoms with van der Waals surface area (Å²) in [6.07, 6.45) is 0.450. The standard InChI is InChI=1S/C11H15N3O2S/c1-14-10-6-3-2-5-9(10)13-11(14)17(15,16)8-4-7-12/h2-3,5-6H,4,7-8,12H2,1H3. The van der Waals surface area contributed by atoms with Crippen LogP contribution in [0.15, 0.2) is 29.4 Å². The Kier molecular flexibility index (Phi) is 3.17. The summed E-state index contributed by atoms with van der Waals surface area (Å²) in [4.78, 5) is 4.17. The third-order valence-electron chi connectivity index (χ3n) is 2.64. The highest BCUT2D eigenvalue weighted by molar-refractivity contribution is 7.91. The second-order valence-electron chi connectivity index (χ2n) is 3.90. The molecule has 0 atom stereocenters. The minimum Gasteiger partial charge on any atom is -0.330 e. The lowest BCUT2D eigenvalue weighted by atomic mass is 10.3. The predicted molar refractivity (Wildman–Crippen MR) is 66.4 cm³/mol. The van der Waals surface area contributed by atoms with Crippen LogP contribution in [-0.4, -0.2) is 30.3 Å². The minimum absolute atomic E-state index is 0.0423. The lowest BCUT2D eigenvalue weighted by Gasteiger charge is -2.03. The van der Waals surface area contributed by atoms with Gasteiger partial charge in [-0.2, -0.15) is 0 Å². The van der Waals surface area contributed by atoms with Crippen molar-refractivity contribution in [2.75, 3.05) is 12.3 Å². The average molecular weight is 253 g/mol. The quantitative estimate of drug-likeness (QED) is 0.869. The summed E-state index contributed by atoms with van der Waals surface area (Å²) in [5.41, 5.74) is 6.85. The predicted octanol–water partition coefficient (Wildman–Crippen LogP) is 0.696. The summed E-state index contributed by atoms with van der Waals surface area (Å²) in [7, 11) is -1.63. The van der Waals surface area contributed by atoms with Gasteiger partial charge in [-0.15, -0.1) is 0 Å². The molecule has 0 radical (unpaired) electrons. The zero-order chi connectivity index (χ0) is 12.5. The van der Waals surface area contributed by atoms with Gasteiger partial charge in [-0.3, -0.25) is 0 Å². The Balaban J connectivity index is 2.52. The number of rotatable bonds is 4. The van der Waals surface area contributed by atoms with Crippen LogP contribution in [0.2, 0.25) is 0 Å². The lowest BCUT2D eigenvalue weighted by Crippen LogP contribution is -2.15. The summed E-state index contributed by atoms with van der Waals surface area (Å²) in [5, 5.41) is 0.118. The smallest absolute Gasteiger partial charge is 0.228 e. The number of nitrogens with two attached hydrogens (primary N) is 1. The van der Waals surface area contributed by atoms with Crippen LogP contribution >= 0.6 is 0 Å². The molecule has 1 aromatic carbocycles. The Morgan fingerprint density at radius 1 is 1.35 bits per heavy atom. The van der Waals surface area contributed by atoms with Crippen molar-refractivity contribution in [3.05, 3.63) is 24.3 Å². The largest absolute Gasteiger partial charge is 0.330 e. The zero-order valence-electron chi connectivity index (χ0n) is 9.63. The van der Waals surface area contributed by atoms with E-state index in [0.717, 1.165) is 5.52 Å². The van der Waals surface area contributed by atoms with E-state index in [4.69, 9.17) is 5.73 Å². The van der Waals surface area contributed by atoms with Crippen molar-refractivity contribution in [1.82, 2.24) is 9.55 Å². The zero-order valence-corrected chi connectivity index (χ0v) is 10.4. The van der Waals surface area contributed by atoms with Crippen LogP contribution in [0.1, 0.15) is 6.42 Å². The van der Waals surface area contributed by atoms with Crippen LogP contribution in [0.25, 0.3) is 11.0 Å². The molecule has 0 unspecified atom stereocenters. The fraction of sp³-hybridized carbons (Fsp3) is 0.364. The van der Waals surface area contributed by atoms with Gasteiger partial charge in [0.1, 0.15) is 0 Å². The first-order valence-corrected chi connectivity index (χ1v) is 7.06. The van der Waals surface area contributed by atoms with Gasteiger partial charge in [0.15, 0.2) is 0 Å². The number of sulfone groups is 1. The molecule has 0 saturated heterocycles. The molecule has 92 valence electrons. The fourth-order valence-electron chi connectivity index (χ4n) is 1.77. The van der Waals surface area contributed by atoms with Crippen molar-refractivity contribution in [1.29, 1.82) is 0 Å². The lowest BCUT2D eigenvalue weighted by molar-refractivity contribution is 0.578. The molecule has 0 aliphatic rings. The molecule has 2 N–H and O–H groups in total.